The molecule has 1 saturated heterocycles. The van der Waals surface area contributed by atoms with Crippen molar-refractivity contribution in [3.8, 4) is 5.75 Å². The van der Waals surface area contributed by atoms with Gasteiger partial charge in [-0.15, -0.1) is 0 Å². The van der Waals surface area contributed by atoms with E-state index in [4.69, 9.17) is 16.3 Å². The van der Waals surface area contributed by atoms with Gasteiger partial charge in [0.05, 0.1) is 5.69 Å². The van der Waals surface area contributed by atoms with Crippen molar-refractivity contribution in [1.82, 2.24) is 5.32 Å². The molecule has 0 aromatic heterocycles. The van der Waals surface area contributed by atoms with Crippen LogP contribution in [0.4, 0.5) is 14.9 Å². The number of carbonyl (C=O) groups excluding carboxylic acids is 3. The van der Waals surface area contributed by atoms with Crippen molar-refractivity contribution in [2.75, 3.05) is 4.90 Å². The molecule has 8 heteroatoms. The lowest BCUT2D eigenvalue weighted by atomic mass is 10.1. The van der Waals surface area contributed by atoms with Crippen molar-refractivity contribution in [3.63, 3.8) is 0 Å². The number of hydrogen-bond donors (Lipinski definition) is 1. The van der Waals surface area contributed by atoms with Gasteiger partial charge in [0.2, 0.25) is 0 Å². The number of amides is 4. The molecule has 1 aliphatic rings. The molecule has 1 heterocycles. The smallest absolute Gasteiger partial charge is 0.336 e. The van der Waals surface area contributed by atoms with Crippen LogP contribution in [0.3, 0.4) is 0 Å². The summed E-state index contributed by atoms with van der Waals surface area (Å²) in [6.45, 7) is 2.22. The maximum Gasteiger partial charge on any atom is 0.336 e. The number of halogens is 2. The topological polar surface area (TPSA) is 75.7 Å². The highest BCUT2D eigenvalue weighted by molar-refractivity contribution is 6.39. The zero-order valence-corrected chi connectivity index (χ0v) is 18.2. The van der Waals surface area contributed by atoms with Crippen LogP contribution < -0.4 is 15.0 Å². The molecule has 0 aliphatic carbocycles. The van der Waals surface area contributed by atoms with Crippen molar-refractivity contribution in [1.29, 1.82) is 0 Å². The Balaban J connectivity index is 1.69. The van der Waals surface area contributed by atoms with Gasteiger partial charge in [-0.1, -0.05) is 53.6 Å². The van der Waals surface area contributed by atoms with Crippen LogP contribution >= 0.6 is 11.6 Å². The van der Waals surface area contributed by atoms with Gasteiger partial charge in [-0.3, -0.25) is 14.9 Å². The number of nitrogens with zero attached hydrogens (tertiary/aromatic N) is 1. The van der Waals surface area contributed by atoms with Crippen LogP contribution in [-0.4, -0.2) is 17.8 Å². The van der Waals surface area contributed by atoms with Gasteiger partial charge in [-0.2, -0.15) is 0 Å². The number of hydrogen-bond acceptors (Lipinski definition) is 4. The van der Waals surface area contributed by atoms with Crippen LogP contribution in [-0.2, 0) is 16.2 Å². The molecule has 0 bridgehead atoms. The van der Waals surface area contributed by atoms with Crippen molar-refractivity contribution >= 4 is 41.2 Å². The molecule has 0 radical (unpaired) electrons. The molecule has 0 spiro atoms. The Bertz CT molecular complexity index is 1310. The van der Waals surface area contributed by atoms with Gasteiger partial charge in [-0.25, -0.2) is 14.1 Å². The van der Waals surface area contributed by atoms with Crippen LogP contribution in [0.25, 0.3) is 6.08 Å². The predicted molar refractivity (Wildman–Crippen MR) is 122 cm³/mol. The van der Waals surface area contributed by atoms with E-state index in [-0.39, 0.29) is 17.9 Å². The first-order valence-electron chi connectivity index (χ1n) is 9.97. The van der Waals surface area contributed by atoms with Crippen LogP contribution in [0, 0.1) is 12.7 Å². The molecule has 0 atom stereocenters. The minimum atomic E-state index is -1.03. The number of aryl methyl sites for hydroxylation is 1. The second kappa shape index (κ2) is 9.26. The minimum Gasteiger partial charge on any atom is -0.488 e. The Labute approximate surface area is 194 Å². The number of carbonyl (C=O) groups is 3. The number of nitrogens with one attached hydrogen (secondary N) is 1. The largest absolute Gasteiger partial charge is 0.488 e. The number of imide groups is 2. The van der Waals surface area contributed by atoms with Crippen LogP contribution in [0.2, 0.25) is 5.02 Å². The zero-order chi connectivity index (χ0) is 23.5. The molecule has 0 saturated carbocycles. The van der Waals surface area contributed by atoms with Crippen LogP contribution in [0.5, 0.6) is 5.75 Å². The molecule has 1 N–H and O–H groups in total. The Morgan fingerprint density at radius 3 is 2.58 bits per heavy atom. The summed E-state index contributed by atoms with van der Waals surface area (Å²) in [4.78, 5) is 38.4. The zero-order valence-electron chi connectivity index (χ0n) is 17.5. The Morgan fingerprint density at radius 2 is 1.82 bits per heavy atom. The van der Waals surface area contributed by atoms with E-state index in [1.807, 2.05) is 31.2 Å². The SMILES string of the molecule is Cc1cccc(COc2ccc(Cl)cc2/C=C2/C(=O)NC(=O)N(c3ccccc3F)C2=O)c1. The fourth-order valence-electron chi connectivity index (χ4n) is 3.39. The number of anilines is 1. The summed E-state index contributed by atoms with van der Waals surface area (Å²) in [7, 11) is 0. The normalized spacial score (nSPS) is 15.1. The molecule has 1 fully saturated rings. The van der Waals surface area contributed by atoms with Gasteiger partial charge in [0.15, 0.2) is 0 Å². The van der Waals surface area contributed by atoms with E-state index in [9.17, 15) is 18.8 Å². The summed E-state index contributed by atoms with van der Waals surface area (Å²) in [6.07, 6.45) is 1.27. The molecular formula is C25H18ClFN2O4. The number of ether oxygens (including phenoxy) is 1. The van der Waals surface area contributed by atoms with Crippen molar-refractivity contribution in [3.05, 3.63) is 99.8 Å². The molecular weight excluding hydrogens is 447 g/mol. The Morgan fingerprint density at radius 1 is 1.03 bits per heavy atom. The molecule has 1 aliphatic heterocycles. The summed E-state index contributed by atoms with van der Waals surface area (Å²) in [5, 5.41) is 2.43. The van der Waals surface area contributed by atoms with E-state index in [0.29, 0.717) is 21.2 Å². The van der Waals surface area contributed by atoms with E-state index in [2.05, 4.69) is 5.32 Å². The average molecular weight is 465 g/mol. The summed E-state index contributed by atoms with van der Waals surface area (Å²) >= 11 is 6.13. The lowest BCUT2D eigenvalue weighted by molar-refractivity contribution is -0.122. The van der Waals surface area contributed by atoms with Crippen LogP contribution in [0.15, 0.2) is 72.3 Å². The summed E-state index contributed by atoms with van der Waals surface area (Å²) < 4.78 is 20.2. The first kappa shape index (κ1) is 22.2. The summed E-state index contributed by atoms with van der Waals surface area (Å²) in [5.41, 5.74) is 1.75. The maximum absolute atomic E-state index is 14.3. The molecule has 4 rings (SSSR count). The van der Waals surface area contributed by atoms with E-state index in [0.717, 1.165) is 17.2 Å². The number of urea groups is 1. The number of para-hydroxylation sites is 1. The van der Waals surface area contributed by atoms with Crippen LogP contribution in [0.1, 0.15) is 16.7 Å². The van der Waals surface area contributed by atoms with E-state index in [1.54, 1.807) is 12.1 Å². The highest BCUT2D eigenvalue weighted by Crippen LogP contribution is 2.29. The van der Waals surface area contributed by atoms with Gasteiger partial charge in [0.1, 0.15) is 23.7 Å². The first-order valence-corrected chi connectivity index (χ1v) is 10.3. The van der Waals surface area contributed by atoms with E-state index >= 15 is 0 Å². The number of barbiturate groups is 1. The van der Waals surface area contributed by atoms with E-state index < -0.39 is 23.7 Å². The maximum atomic E-state index is 14.3. The van der Waals surface area contributed by atoms with Crippen molar-refractivity contribution < 1.29 is 23.5 Å². The molecule has 6 nitrogen and oxygen atoms in total. The number of rotatable bonds is 5. The molecule has 3 aromatic carbocycles. The third kappa shape index (κ3) is 4.78. The second-order valence-corrected chi connectivity index (χ2v) is 7.81. The monoisotopic (exact) mass is 464 g/mol. The Hall–Kier alpha value is -3.97. The third-order valence-corrected chi connectivity index (χ3v) is 5.18. The van der Waals surface area contributed by atoms with Gasteiger partial charge in [-0.05, 0) is 48.9 Å². The average Bonchev–Trinajstić information content (AvgIpc) is 2.77. The second-order valence-electron chi connectivity index (χ2n) is 7.37. The minimum absolute atomic E-state index is 0.249. The van der Waals surface area contributed by atoms with Crippen molar-refractivity contribution in [2.45, 2.75) is 13.5 Å². The van der Waals surface area contributed by atoms with Gasteiger partial charge in [0.25, 0.3) is 11.8 Å². The highest BCUT2D eigenvalue weighted by atomic mass is 35.5. The standard InChI is InChI=1S/C25H18ClFN2O4/c1-15-5-4-6-16(11-15)14-33-22-10-9-18(26)12-17(22)13-19-23(30)28-25(32)29(24(19)31)21-8-3-2-7-20(21)27/h2-13H,14H2,1H3,(H,28,30,32)/b19-13-. The van der Waals surface area contributed by atoms with Gasteiger partial charge in [0, 0.05) is 10.6 Å². The lowest BCUT2D eigenvalue weighted by Gasteiger charge is -2.26. The highest BCUT2D eigenvalue weighted by Gasteiger charge is 2.38. The first-order chi connectivity index (χ1) is 15.8. The van der Waals surface area contributed by atoms with Crippen molar-refractivity contribution in [2.24, 2.45) is 0 Å². The quantitative estimate of drug-likeness (QED) is 0.424. The molecule has 166 valence electrons. The molecule has 3 aromatic rings. The van der Waals surface area contributed by atoms with E-state index in [1.165, 1.54) is 30.3 Å². The number of benzene rings is 3. The Kier molecular flexibility index (Phi) is 6.24. The fraction of sp³-hybridized carbons (Fsp3) is 0.0800. The fourth-order valence-corrected chi connectivity index (χ4v) is 3.57. The van der Waals surface area contributed by atoms with Gasteiger partial charge >= 0.3 is 6.03 Å². The van der Waals surface area contributed by atoms with Gasteiger partial charge < -0.3 is 4.74 Å². The molecule has 33 heavy (non-hydrogen) atoms. The summed E-state index contributed by atoms with van der Waals surface area (Å²) in [5.74, 6) is -2.26. The molecule has 0 unspecified atom stereocenters. The summed E-state index contributed by atoms with van der Waals surface area (Å²) in [6, 6.07) is 16.8. The predicted octanol–water partition coefficient (Wildman–Crippen LogP) is 5.03. The third-order valence-electron chi connectivity index (χ3n) is 4.94. The molecule has 4 amide bonds. The lowest BCUT2D eigenvalue weighted by Crippen LogP contribution is -2.54.